The van der Waals surface area contributed by atoms with Crippen LogP contribution in [0.5, 0.6) is 0 Å². The Hall–Kier alpha value is -2.64. The molecule has 3 aliphatic rings. The molecule has 0 atom stereocenters. The van der Waals surface area contributed by atoms with Crippen LogP contribution in [-0.4, -0.2) is 27.9 Å². The van der Waals surface area contributed by atoms with E-state index >= 15 is 0 Å². The van der Waals surface area contributed by atoms with Crippen molar-refractivity contribution < 1.29 is 13.2 Å². The predicted molar refractivity (Wildman–Crippen MR) is 91.8 cm³/mol. The van der Waals surface area contributed by atoms with Crippen molar-refractivity contribution in [2.24, 2.45) is 4.99 Å². The van der Waals surface area contributed by atoms with Gasteiger partial charge in [0.25, 0.3) is 0 Å². The van der Waals surface area contributed by atoms with Gasteiger partial charge in [-0.25, -0.2) is 9.97 Å². The maximum Gasteiger partial charge on any atom is 0.418 e. The van der Waals surface area contributed by atoms with Crippen LogP contribution in [0.3, 0.4) is 0 Å². The molecule has 0 amide bonds. The molecule has 0 bridgehead atoms. The number of nitrogens with zero attached hydrogens (tertiary/aromatic N) is 4. The average molecular weight is 359 g/mol. The fourth-order valence-corrected chi connectivity index (χ4v) is 3.22. The molecule has 3 heterocycles. The summed E-state index contributed by atoms with van der Waals surface area (Å²) in [6, 6.07) is 4.91. The van der Waals surface area contributed by atoms with Gasteiger partial charge in [-0.15, -0.1) is 0 Å². The molecule has 2 saturated carbocycles. The molecule has 0 aromatic carbocycles. The Morgan fingerprint density at radius 1 is 1.04 bits per heavy atom. The predicted octanol–water partition coefficient (Wildman–Crippen LogP) is 4.13. The van der Waals surface area contributed by atoms with Gasteiger partial charge in [0.05, 0.1) is 22.9 Å². The zero-order valence-corrected chi connectivity index (χ0v) is 13.8. The van der Waals surface area contributed by atoms with Gasteiger partial charge in [0.1, 0.15) is 11.7 Å². The second kappa shape index (κ2) is 5.43. The molecule has 0 spiro atoms. The summed E-state index contributed by atoms with van der Waals surface area (Å²) in [7, 11) is 0. The van der Waals surface area contributed by atoms with E-state index in [9.17, 15) is 13.2 Å². The van der Waals surface area contributed by atoms with Crippen molar-refractivity contribution in [1.29, 1.82) is 0 Å². The van der Waals surface area contributed by atoms with Crippen LogP contribution in [0, 0.1) is 0 Å². The molecular weight excluding hydrogens is 343 g/mol. The van der Waals surface area contributed by atoms with E-state index in [1.165, 1.54) is 6.20 Å². The van der Waals surface area contributed by atoms with Crippen LogP contribution < -0.4 is 10.2 Å². The van der Waals surface area contributed by atoms with E-state index in [-0.39, 0.29) is 23.6 Å². The van der Waals surface area contributed by atoms with Crippen LogP contribution in [0.4, 0.5) is 30.5 Å². The lowest BCUT2D eigenvalue weighted by Crippen LogP contribution is -2.23. The molecule has 26 heavy (non-hydrogen) atoms. The van der Waals surface area contributed by atoms with Gasteiger partial charge >= 0.3 is 6.18 Å². The van der Waals surface area contributed by atoms with E-state index in [1.807, 2.05) is 11.0 Å². The van der Waals surface area contributed by atoms with E-state index in [1.54, 1.807) is 12.3 Å². The van der Waals surface area contributed by atoms with Crippen LogP contribution in [0.25, 0.3) is 0 Å². The first-order valence-electron chi connectivity index (χ1n) is 8.68. The zero-order chi connectivity index (χ0) is 17.9. The summed E-state index contributed by atoms with van der Waals surface area (Å²) in [6.45, 7) is 0. The van der Waals surface area contributed by atoms with Crippen LogP contribution in [0.15, 0.2) is 35.6 Å². The molecule has 2 aliphatic carbocycles. The van der Waals surface area contributed by atoms with Crippen LogP contribution in [0.1, 0.15) is 36.8 Å². The van der Waals surface area contributed by atoms with Crippen LogP contribution in [-0.2, 0) is 6.18 Å². The topological polar surface area (TPSA) is 53.4 Å². The third-order valence-corrected chi connectivity index (χ3v) is 4.75. The molecule has 8 heteroatoms. The average Bonchev–Trinajstić information content (AvgIpc) is 3.49. The molecule has 5 nitrogen and oxygen atoms in total. The summed E-state index contributed by atoms with van der Waals surface area (Å²) in [5.41, 5.74) is -0.0498. The summed E-state index contributed by atoms with van der Waals surface area (Å²) in [5.74, 6) is 1.33. The van der Waals surface area contributed by atoms with E-state index in [0.29, 0.717) is 11.7 Å². The first kappa shape index (κ1) is 15.6. The van der Waals surface area contributed by atoms with Gasteiger partial charge in [-0.3, -0.25) is 4.99 Å². The second-order valence-electron chi connectivity index (χ2n) is 6.86. The first-order valence-corrected chi connectivity index (χ1v) is 8.68. The maximum absolute atomic E-state index is 13.6. The largest absolute Gasteiger partial charge is 0.418 e. The number of fused-ring (bicyclic) bond motifs is 2. The lowest BCUT2D eigenvalue weighted by Gasteiger charge is -2.24. The maximum atomic E-state index is 13.6. The number of rotatable bonds is 2. The number of aromatic nitrogens is 2. The van der Waals surface area contributed by atoms with Crippen LogP contribution in [0.2, 0.25) is 0 Å². The standard InChI is InChI=1S/C18H16F3N5/c19-18(20,21)13-7-9-23-17-14(13)25-15(24-10-3-4-10)12-2-1-8-22-16(12)26(17)11-5-6-11/h1-2,7-11H,3-6H2,(H,24,25). The van der Waals surface area contributed by atoms with Gasteiger partial charge in [0.15, 0.2) is 5.82 Å². The van der Waals surface area contributed by atoms with Crippen molar-refractivity contribution in [1.82, 2.24) is 9.97 Å². The molecule has 0 unspecified atom stereocenters. The Balaban J connectivity index is 1.77. The monoisotopic (exact) mass is 359 g/mol. The number of nitrogens with one attached hydrogen (secondary N) is 1. The Morgan fingerprint density at radius 3 is 2.50 bits per heavy atom. The number of pyridine rings is 2. The minimum atomic E-state index is -4.48. The number of aliphatic imine (C=N–C) groups is 1. The lowest BCUT2D eigenvalue weighted by molar-refractivity contribution is -0.136. The second-order valence-corrected chi connectivity index (χ2v) is 6.86. The van der Waals surface area contributed by atoms with Gasteiger partial charge in [0, 0.05) is 18.4 Å². The van der Waals surface area contributed by atoms with E-state index in [0.717, 1.165) is 37.3 Å². The third kappa shape index (κ3) is 2.60. The number of amidine groups is 1. The van der Waals surface area contributed by atoms with E-state index in [4.69, 9.17) is 0 Å². The highest BCUT2D eigenvalue weighted by atomic mass is 19.4. The molecule has 1 N–H and O–H groups in total. The third-order valence-electron chi connectivity index (χ3n) is 4.75. The molecule has 2 aromatic rings. The van der Waals surface area contributed by atoms with Gasteiger partial charge in [-0.2, -0.15) is 13.2 Å². The Bertz CT molecular complexity index is 900. The minimum absolute atomic E-state index is 0.0377. The summed E-state index contributed by atoms with van der Waals surface area (Å²) in [6.07, 6.45) is 2.11. The highest BCUT2D eigenvalue weighted by Crippen LogP contribution is 2.47. The Labute approximate surface area is 148 Å². The van der Waals surface area contributed by atoms with Gasteiger partial charge < -0.3 is 10.2 Å². The molecule has 2 fully saturated rings. The van der Waals surface area contributed by atoms with Crippen molar-refractivity contribution in [3.05, 3.63) is 41.7 Å². The Morgan fingerprint density at radius 2 is 1.81 bits per heavy atom. The summed E-state index contributed by atoms with van der Waals surface area (Å²) >= 11 is 0. The molecule has 0 saturated heterocycles. The van der Waals surface area contributed by atoms with Crippen LogP contribution >= 0.6 is 0 Å². The summed E-state index contributed by atoms with van der Waals surface area (Å²) < 4.78 is 40.9. The first-order chi connectivity index (χ1) is 12.5. The van der Waals surface area contributed by atoms with Crippen molar-refractivity contribution in [3.8, 4) is 0 Å². The normalized spacial score (nSPS) is 21.0. The zero-order valence-electron chi connectivity index (χ0n) is 13.8. The number of anilines is 3. The van der Waals surface area contributed by atoms with Gasteiger partial charge in [-0.1, -0.05) is 0 Å². The quantitative estimate of drug-likeness (QED) is 0.876. The minimum Gasteiger partial charge on any atom is -0.336 e. The smallest absolute Gasteiger partial charge is 0.336 e. The lowest BCUT2D eigenvalue weighted by atomic mass is 10.2. The molecule has 1 aliphatic heterocycles. The fraction of sp³-hybridized carbons (Fsp3) is 0.389. The highest BCUT2D eigenvalue weighted by molar-refractivity contribution is 6.15. The number of hydrogen-bond donors (Lipinski definition) is 1. The number of hydrogen-bond acceptors (Lipinski definition) is 4. The van der Waals surface area contributed by atoms with E-state index < -0.39 is 11.7 Å². The number of alkyl halides is 3. The Kier molecular flexibility index (Phi) is 3.26. The molecule has 2 aromatic heterocycles. The molecule has 5 rings (SSSR count). The van der Waals surface area contributed by atoms with E-state index in [2.05, 4.69) is 20.3 Å². The fourth-order valence-electron chi connectivity index (χ4n) is 3.22. The van der Waals surface area contributed by atoms with Gasteiger partial charge in [-0.05, 0) is 43.9 Å². The molecular formula is C18H16F3N5. The summed E-state index contributed by atoms with van der Waals surface area (Å²) in [4.78, 5) is 15.2. The SMILES string of the molecule is FC(F)(F)c1ccnc2c1NC(=NC1CC1)c1cccnc1N2C1CC1. The van der Waals surface area contributed by atoms with Gasteiger partial charge in [0.2, 0.25) is 0 Å². The summed E-state index contributed by atoms with van der Waals surface area (Å²) in [5, 5.41) is 2.96. The van der Waals surface area contributed by atoms with Crippen molar-refractivity contribution >= 4 is 23.2 Å². The number of halogens is 3. The molecule has 0 radical (unpaired) electrons. The molecule has 134 valence electrons. The highest BCUT2D eigenvalue weighted by Gasteiger charge is 2.42. The van der Waals surface area contributed by atoms with Crippen molar-refractivity contribution in [2.75, 3.05) is 10.2 Å². The van der Waals surface area contributed by atoms with Crippen molar-refractivity contribution in [3.63, 3.8) is 0 Å². The van der Waals surface area contributed by atoms with Crippen molar-refractivity contribution in [2.45, 2.75) is 43.9 Å².